The summed E-state index contributed by atoms with van der Waals surface area (Å²) in [6.07, 6.45) is -0.113. The molecule has 144 valence electrons. The standard InChI is InChI=1S/C16H17N3O7S/c1-8(15(23)24)26-13-9(4-3-5-10(13)25-2)7-17-19-16-18-14(22)11(27-16)6-12(20)21/h3-5,7-8,11H,6H2,1-2H3,(H,20,21)(H,23,24)(H,18,19,22). The first-order valence-corrected chi connectivity index (χ1v) is 8.56. The lowest BCUT2D eigenvalue weighted by atomic mass is 10.2. The molecule has 27 heavy (non-hydrogen) atoms. The van der Waals surface area contributed by atoms with E-state index >= 15 is 0 Å². The third-order valence-electron chi connectivity index (χ3n) is 3.35. The minimum Gasteiger partial charge on any atom is -0.493 e. The second kappa shape index (κ2) is 9.03. The van der Waals surface area contributed by atoms with Crippen molar-refractivity contribution in [3.05, 3.63) is 23.8 Å². The van der Waals surface area contributed by atoms with E-state index in [4.69, 9.17) is 19.7 Å². The lowest BCUT2D eigenvalue weighted by molar-refractivity contribution is -0.144. The highest BCUT2D eigenvalue weighted by molar-refractivity contribution is 8.15. The molecule has 0 saturated carbocycles. The number of carbonyl (C=O) groups is 3. The van der Waals surface area contributed by atoms with Crippen molar-refractivity contribution in [3.8, 4) is 11.5 Å². The number of benzene rings is 1. The molecular formula is C16H17N3O7S. The van der Waals surface area contributed by atoms with Gasteiger partial charge in [0.2, 0.25) is 5.91 Å². The van der Waals surface area contributed by atoms with Gasteiger partial charge in [-0.25, -0.2) is 4.79 Å². The number of nitrogens with zero attached hydrogens (tertiary/aromatic N) is 2. The Hall–Kier alpha value is -3.08. The summed E-state index contributed by atoms with van der Waals surface area (Å²) in [4.78, 5) is 33.4. The molecule has 0 bridgehead atoms. The number of rotatable bonds is 8. The van der Waals surface area contributed by atoms with Crippen LogP contribution in [0.3, 0.4) is 0 Å². The highest BCUT2D eigenvalue weighted by Gasteiger charge is 2.32. The number of carboxylic acid groups (broad SMARTS) is 2. The van der Waals surface area contributed by atoms with E-state index in [2.05, 4.69) is 15.5 Å². The lowest BCUT2D eigenvalue weighted by Crippen LogP contribution is -2.26. The predicted molar refractivity (Wildman–Crippen MR) is 97.5 cm³/mol. The van der Waals surface area contributed by atoms with E-state index in [1.807, 2.05) is 0 Å². The van der Waals surface area contributed by atoms with Crippen LogP contribution in [-0.4, -0.2) is 57.9 Å². The SMILES string of the molecule is COc1cccc(C=NN=C2NC(=O)C(CC(=O)O)S2)c1OC(C)C(=O)O. The van der Waals surface area contributed by atoms with E-state index in [-0.39, 0.29) is 17.3 Å². The molecule has 0 aliphatic carbocycles. The molecular weight excluding hydrogens is 378 g/mol. The third kappa shape index (κ3) is 5.45. The van der Waals surface area contributed by atoms with Crippen molar-refractivity contribution < 1.29 is 34.1 Å². The molecule has 3 N–H and O–H groups in total. The second-order valence-electron chi connectivity index (χ2n) is 5.32. The van der Waals surface area contributed by atoms with Gasteiger partial charge in [0.05, 0.1) is 19.7 Å². The van der Waals surface area contributed by atoms with Crippen molar-refractivity contribution in [1.29, 1.82) is 0 Å². The number of thioether (sulfide) groups is 1. The van der Waals surface area contributed by atoms with Gasteiger partial charge in [0.15, 0.2) is 22.8 Å². The maximum Gasteiger partial charge on any atom is 0.344 e. The van der Waals surface area contributed by atoms with Crippen molar-refractivity contribution >= 4 is 41.0 Å². The number of methoxy groups -OCH3 is 1. The monoisotopic (exact) mass is 395 g/mol. The molecule has 10 nitrogen and oxygen atoms in total. The number of amides is 1. The first-order chi connectivity index (χ1) is 12.8. The van der Waals surface area contributed by atoms with Crippen LogP contribution in [0.5, 0.6) is 11.5 Å². The number of aliphatic carboxylic acids is 2. The molecule has 1 aromatic rings. The predicted octanol–water partition coefficient (Wildman–Crippen LogP) is 0.943. The van der Waals surface area contributed by atoms with Gasteiger partial charge in [-0.2, -0.15) is 5.10 Å². The van der Waals surface area contributed by atoms with E-state index in [0.717, 1.165) is 11.8 Å². The van der Waals surface area contributed by atoms with Crippen LogP contribution >= 0.6 is 11.8 Å². The first-order valence-electron chi connectivity index (χ1n) is 7.68. The lowest BCUT2D eigenvalue weighted by Gasteiger charge is -2.15. The number of ether oxygens (including phenoxy) is 2. The second-order valence-corrected chi connectivity index (χ2v) is 6.51. The normalized spacial score (nSPS) is 19.1. The number of amidine groups is 1. The van der Waals surface area contributed by atoms with Crippen molar-refractivity contribution in [2.75, 3.05) is 7.11 Å². The van der Waals surface area contributed by atoms with Gasteiger partial charge in [-0.3, -0.25) is 9.59 Å². The summed E-state index contributed by atoms with van der Waals surface area (Å²) in [6.45, 7) is 1.38. The summed E-state index contributed by atoms with van der Waals surface area (Å²) in [6, 6.07) is 4.90. The summed E-state index contributed by atoms with van der Waals surface area (Å²) in [5, 5.41) is 27.3. The molecule has 2 unspecified atom stereocenters. The fourth-order valence-electron chi connectivity index (χ4n) is 2.04. The first kappa shape index (κ1) is 20.2. The summed E-state index contributed by atoms with van der Waals surface area (Å²) < 4.78 is 10.6. The Kier molecular flexibility index (Phi) is 6.77. The number of hydrogen-bond donors (Lipinski definition) is 3. The topological polar surface area (TPSA) is 147 Å². The number of hydrogen-bond acceptors (Lipinski definition) is 8. The van der Waals surface area contributed by atoms with Gasteiger partial charge in [-0.05, 0) is 19.1 Å². The Morgan fingerprint density at radius 3 is 2.78 bits per heavy atom. The molecule has 2 atom stereocenters. The minimum absolute atomic E-state index is 0.173. The molecule has 1 amide bonds. The Labute approximate surface area is 158 Å². The van der Waals surface area contributed by atoms with Crippen LogP contribution < -0.4 is 14.8 Å². The van der Waals surface area contributed by atoms with Crippen molar-refractivity contribution in [2.24, 2.45) is 10.2 Å². The van der Waals surface area contributed by atoms with Crippen molar-refractivity contribution in [3.63, 3.8) is 0 Å². The van der Waals surface area contributed by atoms with Crippen LogP contribution in [0.25, 0.3) is 0 Å². The zero-order valence-electron chi connectivity index (χ0n) is 14.4. The van der Waals surface area contributed by atoms with Gasteiger partial charge < -0.3 is 25.0 Å². The summed E-state index contributed by atoms with van der Waals surface area (Å²) in [5.74, 6) is -2.16. The van der Waals surface area contributed by atoms with Gasteiger partial charge >= 0.3 is 11.9 Å². The quantitative estimate of drug-likeness (QED) is 0.435. The summed E-state index contributed by atoms with van der Waals surface area (Å²) in [7, 11) is 1.42. The number of carboxylic acids is 2. The molecule has 0 aromatic heterocycles. The van der Waals surface area contributed by atoms with Crippen LogP contribution in [0.1, 0.15) is 18.9 Å². The molecule has 0 radical (unpaired) electrons. The van der Waals surface area contributed by atoms with E-state index in [1.54, 1.807) is 18.2 Å². The summed E-state index contributed by atoms with van der Waals surface area (Å²) >= 11 is 0.970. The smallest absolute Gasteiger partial charge is 0.344 e. The maximum absolute atomic E-state index is 11.7. The third-order valence-corrected chi connectivity index (χ3v) is 4.43. The fourth-order valence-corrected chi connectivity index (χ4v) is 2.95. The highest BCUT2D eigenvalue weighted by atomic mass is 32.2. The van der Waals surface area contributed by atoms with Crippen LogP contribution in [0.4, 0.5) is 0 Å². The zero-order valence-corrected chi connectivity index (χ0v) is 15.2. The van der Waals surface area contributed by atoms with Crippen LogP contribution in [0.2, 0.25) is 0 Å². The molecule has 1 saturated heterocycles. The fraction of sp³-hybridized carbons (Fsp3) is 0.312. The van der Waals surface area contributed by atoms with Gasteiger partial charge in [0.25, 0.3) is 0 Å². The molecule has 1 aromatic carbocycles. The van der Waals surface area contributed by atoms with Gasteiger partial charge in [0.1, 0.15) is 5.25 Å². The van der Waals surface area contributed by atoms with E-state index < -0.39 is 29.2 Å². The number of nitrogens with one attached hydrogen (secondary N) is 1. The molecule has 0 spiro atoms. The summed E-state index contributed by atoms with van der Waals surface area (Å²) in [5.41, 5.74) is 0.420. The molecule has 1 heterocycles. The number of para-hydroxylation sites is 1. The van der Waals surface area contributed by atoms with Crippen LogP contribution in [-0.2, 0) is 14.4 Å². The largest absolute Gasteiger partial charge is 0.493 e. The zero-order chi connectivity index (χ0) is 20.0. The molecule has 1 fully saturated rings. The van der Waals surface area contributed by atoms with Crippen LogP contribution in [0, 0.1) is 0 Å². The Bertz CT molecular complexity index is 809. The minimum atomic E-state index is -1.14. The Morgan fingerprint density at radius 2 is 2.15 bits per heavy atom. The molecule has 2 rings (SSSR count). The molecule has 1 aliphatic heterocycles. The number of carbonyl (C=O) groups excluding carboxylic acids is 1. The average molecular weight is 395 g/mol. The van der Waals surface area contributed by atoms with E-state index in [0.29, 0.717) is 11.3 Å². The van der Waals surface area contributed by atoms with Crippen molar-refractivity contribution in [1.82, 2.24) is 5.32 Å². The van der Waals surface area contributed by atoms with Crippen molar-refractivity contribution in [2.45, 2.75) is 24.7 Å². The Morgan fingerprint density at radius 1 is 1.41 bits per heavy atom. The van der Waals surface area contributed by atoms with Crippen LogP contribution in [0.15, 0.2) is 28.4 Å². The average Bonchev–Trinajstić information content (AvgIpc) is 2.94. The van der Waals surface area contributed by atoms with Gasteiger partial charge in [-0.15, -0.1) is 5.10 Å². The molecule has 1 aliphatic rings. The Balaban J connectivity index is 2.18. The van der Waals surface area contributed by atoms with E-state index in [9.17, 15) is 14.4 Å². The van der Waals surface area contributed by atoms with Gasteiger partial charge in [0, 0.05) is 5.56 Å². The van der Waals surface area contributed by atoms with Gasteiger partial charge in [-0.1, -0.05) is 17.8 Å². The highest BCUT2D eigenvalue weighted by Crippen LogP contribution is 2.31. The van der Waals surface area contributed by atoms with E-state index in [1.165, 1.54) is 20.2 Å². The maximum atomic E-state index is 11.7. The molecule has 11 heteroatoms.